The second-order valence-electron chi connectivity index (χ2n) is 3.40. The number of rotatable bonds is 3. The molecule has 0 saturated carbocycles. The molecule has 1 aromatic carbocycles. The van der Waals surface area contributed by atoms with Crippen molar-refractivity contribution in [3.63, 3.8) is 0 Å². The third kappa shape index (κ3) is 2.82. The molecular formula is C10H8BrFN2O2S2. The number of nitrogens with two attached hydrogens (primary N) is 1. The summed E-state index contributed by atoms with van der Waals surface area (Å²) in [6.07, 6.45) is 0. The molecule has 96 valence electrons. The highest BCUT2D eigenvalue weighted by molar-refractivity contribution is 9.11. The van der Waals surface area contributed by atoms with Crippen LogP contribution in [0.4, 0.5) is 15.8 Å². The number of hydrogen-bond donors (Lipinski definition) is 2. The smallest absolute Gasteiger partial charge is 0.271 e. The minimum absolute atomic E-state index is 0.0937. The molecule has 1 aromatic heterocycles. The first kappa shape index (κ1) is 13.3. The zero-order valence-corrected chi connectivity index (χ0v) is 12.1. The molecule has 0 aliphatic heterocycles. The van der Waals surface area contributed by atoms with Gasteiger partial charge in [-0.15, -0.1) is 11.3 Å². The van der Waals surface area contributed by atoms with Crippen LogP contribution in [0.3, 0.4) is 0 Å². The van der Waals surface area contributed by atoms with Crippen LogP contribution in [-0.4, -0.2) is 8.42 Å². The molecule has 0 aliphatic carbocycles. The summed E-state index contributed by atoms with van der Waals surface area (Å²) in [5.74, 6) is -0.677. The van der Waals surface area contributed by atoms with Gasteiger partial charge in [-0.05, 0) is 46.3 Å². The van der Waals surface area contributed by atoms with Crippen molar-refractivity contribution in [1.29, 1.82) is 0 Å². The average molecular weight is 351 g/mol. The van der Waals surface area contributed by atoms with E-state index in [4.69, 9.17) is 5.73 Å². The molecule has 2 rings (SSSR count). The van der Waals surface area contributed by atoms with Crippen LogP contribution in [-0.2, 0) is 10.0 Å². The molecule has 0 atom stereocenters. The Hall–Kier alpha value is -1.12. The number of sulfonamides is 1. The van der Waals surface area contributed by atoms with E-state index in [1.807, 2.05) is 0 Å². The molecular weight excluding hydrogens is 343 g/mol. The summed E-state index contributed by atoms with van der Waals surface area (Å²) >= 11 is 4.20. The molecule has 0 amide bonds. The fourth-order valence-corrected chi connectivity index (χ4v) is 4.33. The highest BCUT2D eigenvalue weighted by atomic mass is 79.9. The Kier molecular flexibility index (Phi) is 3.60. The fourth-order valence-electron chi connectivity index (χ4n) is 1.26. The Morgan fingerprint density at radius 3 is 2.61 bits per heavy atom. The van der Waals surface area contributed by atoms with E-state index in [1.54, 1.807) is 6.07 Å². The second kappa shape index (κ2) is 4.87. The Bertz CT molecular complexity index is 685. The molecule has 2 aromatic rings. The van der Waals surface area contributed by atoms with Crippen molar-refractivity contribution in [2.45, 2.75) is 4.21 Å². The van der Waals surface area contributed by atoms with Crippen LogP contribution in [0.25, 0.3) is 0 Å². The highest BCUT2D eigenvalue weighted by Gasteiger charge is 2.18. The quantitative estimate of drug-likeness (QED) is 0.835. The van der Waals surface area contributed by atoms with Crippen molar-refractivity contribution >= 4 is 48.7 Å². The third-order valence-electron chi connectivity index (χ3n) is 2.05. The first-order valence-electron chi connectivity index (χ1n) is 4.72. The maximum atomic E-state index is 13.4. The number of thiophene rings is 1. The van der Waals surface area contributed by atoms with Crippen molar-refractivity contribution < 1.29 is 12.8 Å². The summed E-state index contributed by atoms with van der Waals surface area (Å²) in [5.41, 5.74) is 5.59. The van der Waals surface area contributed by atoms with Crippen LogP contribution >= 0.6 is 27.3 Å². The van der Waals surface area contributed by atoms with E-state index in [2.05, 4.69) is 20.7 Å². The largest absolute Gasteiger partial charge is 0.399 e. The van der Waals surface area contributed by atoms with Gasteiger partial charge >= 0.3 is 0 Å². The minimum Gasteiger partial charge on any atom is -0.399 e. The molecule has 3 N–H and O–H groups in total. The molecule has 0 spiro atoms. The van der Waals surface area contributed by atoms with E-state index in [0.29, 0.717) is 3.79 Å². The van der Waals surface area contributed by atoms with Crippen LogP contribution < -0.4 is 10.5 Å². The minimum atomic E-state index is -3.79. The van der Waals surface area contributed by atoms with Crippen LogP contribution in [0.5, 0.6) is 0 Å². The summed E-state index contributed by atoms with van der Waals surface area (Å²) in [5, 5.41) is 0. The Labute approximate surface area is 116 Å². The van der Waals surface area contributed by atoms with Gasteiger partial charge in [-0.25, -0.2) is 12.8 Å². The lowest BCUT2D eigenvalue weighted by molar-refractivity contribution is 0.600. The van der Waals surface area contributed by atoms with E-state index >= 15 is 0 Å². The Balaban J connectivity index is 2.36. The molecule has 0 saturated heterocycles. The van der Waals surface area contributed by atoms with Crippen molar-refractivity contribution in [2.24, 2.45) is 0 Å². The van der Waals surface area contributed by atoms with E-state index in [-0.39, 0.29) is 15.6 Å². The second-order valence-corrected chi connectivity index (χ2v) is 7.78. The fraction of sp³-hybridized carbons (Fsp3) is 0. The van der Waals surface area contributed by atoms with Gasteiger partial charge < -0.3 is 5.73 Å². The molecule has 0 aliphatic rings. The predicted octanol–water partition coefficient (Wildman–Crippen LogP) is 3.03. The van der Waals surface area contributed by atoms with Gasteiger partial charge in [-0.3, -0.25) is 4.72 Å². The van der Waals surface area contributed by atoms with E-state index in [0.717, 1.165) is 17.4 Å². The number of benzene rings is 1. The summed E-state index contributed by atoms with van der Waals surface area (Å²) < 4.78 is 40.3. The molecule has 4 nitrogen and oxygen atoms in total. The zero-order chi connectivity index (χ0) is 13.3. The maximum absolute atomic E-state index is 13.4. The lowest BCUT2D eigenvalue weighted by Crippen LogP contribution is -2.12. The van der Waals surface area contributed by atoms with Gasteiger partial charge in [0, 0.05) is 5.69 Å². The molecule has 0 fully saturated rings. The summed E-state index contributed by atoms with van der Waals surface area (Å²) in [7, 11) is -3.79. The summed E-state index contributed by atoms with van der Waals surface area (Å²) in [6.45, 7) is 0. The number of halogens is 2. The van der Waals surface area contributed by atoms with Gasteiger partial charge in [-0.2, -0.15) is 0 Å². The summed E-state index contributed by atoms with van der Waals surface area (Å²) in [4.78, 5) is 0. The maximum Gasteiger partial charge on any atom is 0.271 e. The first-order valence-corrected chi connectivity index (χ1v) is 7.81. The number of anilines is 2. The molecule has 0 radical (unpaired) electrons. The first-order chi connectivity index (χ1) is 8.38. The van der Waals surface area contributed by atoms with E-state index < -0.39 is 15.8 Å². The highest BCUT2D eigenvalue weighted by Crippen LogP contribution is 2.28. The average Bonchev–Trinajstić information content (AvgIpc) is 2.71. The van der Waals surface area contributed by atoms with Crippen molar-refractivity contribution in [2.75, 3.05) is 10.5 Å². The van der Waals surface area contributed by atoms with Gasteiger partial charge in [0.25, 0.3) is 10.0 Å². The number of nitrogen functional groups attached to an aromatic ring is 1. The van der Waals surface area contributed by atoms with Crippen LogP contribution in [0.1, 0.15) is 0 Å². The Morgan fingerprint density at radius 2 is 2.00 bits per heavy atom. The van der Waals surface area contributed by atoms with Crippen LogP contribution in [0.15, 0.2) is 38.3 Å². The standard InChI is InChI=1S/C10H8BrFN2O2S2/c11-9-3-4-10(17-9)18(15,16)14-8-5-6(13)1-2-7(8)12/h1-5,14H,13H2. The predicted molar refractivity (Wildman–Crippen MR) is 73.6 cm³/mol. The van der Waals surface area contributed by atoms with Crippen molar-refractivity contribution in [3.05, 3.63) is 39.9 Å². The molecule has 0 unspecified atom stereocenters. The van der Waals surface area contributed by atoms with Crippen LogP contribution in [0, 0.1) is 5.82 Å². The lowest BCUT2D eigenvalue weighted by Gasteiger charge is -2.07. The number of nitrogens with one attached hydrogen (secondary N) is 1. The van der Waals surface area contributed by atoms with Gasteiger partial charge in [0.15, 0.2) is 0 Å². The van der Waals surface area contributed by atoms with E-state index in [1.165, 1.54) is 18.2 Å². The topological polar surface area (TPSA) is 72.2 Å². The van der Waals surface area contributed by atoms with Gasteiger partial charge in [0.1, 0.15) is 10.0 Å². The van der Waals surface area contributed by atoms with Crippen molar-refractivity contribution in [3.8, 4) is 0 Å². The van der Waals surface area contributed by atoms with Crippen LogP contribution in [0.2, 0.25) is 0 Å². The number of hydrogen-bond acceptors (Lipinski definition) is 4. The van der Waals surface area contributed by atoms with Gasteiger partial charge in [0.2, 0.25) is 0 Å². The molecule has 0 bridgehead atoms. The molecule has 1 heterocycles. The molecule has 18 heavy (non-hydrogen) atoms. The van der Waals surface area contributed by atoms with Gasteiger partial charge in [-0.1, -0.05) is 0 Å². The van der Waals surface area contributed by atoms with E-state index in [9.17, 15) is 12.8 Å². The van der Waals surface area contributed by atoms with Crippen molar-refractivity contribution in [1.82, 2.24) is 0 Å². The lowest BCUT2D eigenvalue weighted by atomic mass is 10.3. The normalized spacial score (nSPS) is 11.4. The third-order valence-corrected chi connectivity index (χ3v) is 5.53. The zero-order valence-electron chi connectivity index (χ0n) is 8.85. The monoisotopic (exact) mass is 350 g/mol. The Morgan fingerprint density at radius 1 is 1.28 bits per heavy atom. The van der Waals surface area contributed by atoms with Gasteiger partial charge in [0.05, 0.1) is 9.47 Å². The molecule has 8 heteroatoms. The SMILES string of the molecule is Nc1ccc(F)c(NS(=O)(=O)c2ccc(Br)s2)c1. The summed E-state index contributed by atoms with van der Waals surface area (Å²) in [6, 6.07) is 6.73.